The fourth-order valence-electron chi connectivity index (χ4n) is 4.85. The summed E-state index contributed by atoms with van der Waals surface area (Å²) in [5.74, 6) is -3.48. The average Bonchev–Trinajstić information content (AvgIpc) is 3.01. The predicted molar refractivity (Wildman–Crippen MR) is 159 cm³/mol. The third kappa shape index (κ3) is 12.0. The fourth-order valence-corrected chi connectivity index (χ4v) is 4.85. The number of aliphatic carboxylic acids is 1. The molecule has 1 aliphatic rings. The summed E-state index contributed by atoms with van der Waals surface area (Å²) in [5.41, 5.74) is 7.64. The Kier molecular flexibility index (Phi) is 14.5. The fraction of sp³-hybridized carbons (Fsp3) is 0.452. The lowest BCUT2D eigenvalue weighted by atomic mass is 9.77. The van der Waals surface area contributed by atoms with Gasteiger partial charge in [0.15, 0.2) is 23.2 Å². The van der Waals surface area contributed by atoms with Gasteiger partial charge in [0.1, 0.15) is 6.04 Å². The van der Waals surface area contributed by atoms with Gasteiger partial charge in [0.25, 0.3) is 0 Å². The van der Waals surface area contributed by atoms with Gasteiger partial charge in [-0.05, 0) is 48.4 Å². The van der Waals surface area contributed by atoms with Crippen LogP contribution in [-0.4, -0.2) is 79.5 Å². The number of alkyl halides is 3. The van der Waals surface area contributed by atoms with Gasteiger partial charge >= 0.3 is 18.1 Å². The first-order valence-electron chi connectivity index (χ1n) is 14.1. The zero-order chi connectivity index (χ0) is 34.4. The largest absolute Gasteiger partial charge is 0.493 e. The molecule has 0 aliphatic heterocycles. The van der Waals surface area contributed by atoms with Crippen molar-refractivity contribution in [1.82, 2.24) is 5.32 Å². The molecule has 1 fully saturated rings. The summed E-state index contributed by atoms with van der Waals surface area (Å²) in [6.07, 6.45) is -4.17. The molecule has 0 bridgehead atoms. The number of aliphatic hydroxyl groups excluding tert-OH is 1. The number of aliphatic imine (C=N–C) groups is 1. The number of nitrogens with zero attached hydrogens (tertiary/aromatic N) is 1. The molecule has 2 aromatic carbocycles. The molecule has 5 N–H and O–H groups in total. The Labute approximate surface area is 263 Å². The molecule has 0 radical (unpaired) electrons. The van der Waals surface area contributed by atoms with Gasteiger partial charge in [0.05, 0.1) is 39.8 Å². The van der Waals surface area contributed by atoms with Crippen molar-refractivity contribution in [2.45, 2.75) is 56.8 Å². The Balaban J connectivity index is 0.000000942. The van der Waals surface area contributed by atoms with Crippen molar-refractivity contribution in [1.29, 1.82) is 0 Å². The number of carboxylic acid groups (broad SMARTS) is 1. The minimum atomic E-state index is -5.08. The van der Waals surface area contributed by atoms with E-state index in [4.69, 9.17) is 29.8 Å². The molecular weight excluding hydrogens is 615 g/mol. The lowest BCUT2D eigenvalue weighted by Gasteiger charge is -2.32. The highest BCUT2D eigenvalue weighted by molar-refractivity contribution is 5.98. The monoisotopic (exact) mass is 653 g/mol. The molecule has 3 rings (SSSR count). The number of carbonyl (C=O) groups excluding carboxylic acids is 3. The second-order valence-electron chi connectivity index (χ2n) is 10.5. The highest BCUT2D eigenvalue weighted by atomic mass is 19.4. The van der Waals surface area contributed by atoms with Crippen LogP contribution in [0.5, 0.6) is 11.5 Å². The first-order valence-corrected chi connectivity index (χ1v) is 14.1. The van der Waals surface area contributed by atoms with E-state index < -0.39 is 30.2 Å². The van der Waals surface area contributed by atoms with Crippen molar-refractivity contribution >= 4 is 29.6 Å². The maximum absolute atomic E-state index is 13.4. The number of carboxylic acids is 1. The Morgan fingerprint density at radius 1 is 1.00 bits per heavy atom. The van der Waals surface area contributed by atoms with Gasteiger partial charge < -0.3 is 30.2 Å². The van der Waals surface area contributed by atoms with Crippen LogP contribution in [0.1, 0.15) is 36.8 Å². The topological polar surface area (TPSA) is 187 Å². The van der Waals surface area contributed by atoms with Crippen LogP contribution in [0.15, 0.2) is 53.5 Å². The summed E-state index contributed by atoms with van der Waals surface area (Å²) in [4.78, 5) is 51.2. The quantitative estimate of drug-likeness (QED) is 0.160. The molecule has 0 heterocycles. The number of ether oxygens (including phenoxy) is 3. The van der Waals surface area contributed by atoms with Gasteiger partial charge in [-0.15, -0.1) is 0 Å². The van der Waals surface area contributed by atoms with Crippen molar-refractivity contribution in [2.75, 3.05) is 21.3 Å². The van der Waals surface area contributed by atoms with Crippen molar-refractivity contribution in [3.8, 4) is 11.5 Å². The maximum Gasteiger partial charge on any atom is 0.490 e. The lowest BCUT2D eigenvalue weighted by Crippen LogP contribution is -2.40. The number of carbonyl (C=O) groups is 4. The van der Waals surface area contributed by atoms with Crippen molar-refractivity contribution in [3.63, 3.8) is 0 Å². The molecular formula is C31H38F3N3O9. The number of nitrogens with two attached hydrogens (primary N) is 1. The number of hydrogen-bond donors (Lipinski definition) is 4. The SMILES string of the molecule is COC(=O)[C@H]1CC[C@H](CC(=O)[C@@H](Cc2ccccc2)N=C(N)NC(=O)Cc2ccc(OC)c(OC)c2)[C@@H](O)C1.O=C(O)C(F)(F)F. The van der Waals surface area contributed by atoms with Crippen molar-refractivity contribution in [3.05, 3.63) is 59.7 Å². The summed E-state index contributed by atoms with van der Waals surface area (Å²) in [5, 5.41) is 20.3. The van der Waals surface area contributed by atoms with E-state index in [1.807, 2.05) is 30.3 Å². The maximum atomic E-state index is 13.4. The second kappa shape index (κ2) is 17.7. The lowest BCUT2D eigenvalue weighted by molar-refractivity contribution is -0.192. The van der Waals surface area contributed by atoms with Gasteiger partial charge in [-0.3, -0.25) is 19.7 Å². The predicted octanol–water partition coefficient (Wildman–Crippen LogP) is 2.83. The molecule has 252 valence electrons. The molecule has 4 atom stereocenters. The molecule has 1 amide bonds. The third-order valence-electron chi connectivity index (χ3n) is 7.22. The second-order valence-corrected chi connectivity index (χ2v) is 10.5. The normalized spacial score (nSPS) is 18.7. The molecule has 1 saturated carbocycles. The van der Waals surface area contributed by atoms with Gasteiger partial charge in [-0.1, -0.05) is 36.4 Å². The first-order chi connectivity index (χ1) is 21.7. The summed E-state index contributed by atoms with van der Waals surface area (Å²) < 4.78 is 47.0. The molecule has 2 aromatic rings. The number of halogens is 3. The van der Waals surface area contributed by atoms with Crippen molar-refractivity contribution in [2.24, 2.45) is 22.6 Å². The zero-order valence-corrected chi connectivity index (χ0v) is 25.6. The van der Waals surface area contributed by atoms with Gasteiger partial charge in [-0.2, -0.15) is 13.2 Å². The van der Waals surface area contributed by atoms with E-state index in [1.54, 1.807) is 18.2 Å². The molecule has 1 aliphatic carbocycles. The first kappa shape index (κ1) is 37.5. The van der Waals surface area contributed by atoms with E-state index in [2.05, 4.69) is 10.3 Å². The van der Waals surface area contributed by atoms with Crippen molar-refractivity contribution < 1.29 is 56.8 Å². The number of guanidine groups is 1. The average molecular weight is 654 g/mol. The molecule has 46 heavy (non-hydrogen) atoms. The van der Waals surface area contributed by atoms with Crippen LogP contribution in [0.4, 0.5) is 13.2 Å². The van der Waals surface area contributed by atoms with Gasteiger partial charge in [0, 0.05) is 12.8 Å². The van der Waals surface area contributed by atoms with Crippen LogP contribution in [-0.2, 0) is 36.8 Å². The minimum absolute atomic E-state index is 0.0174. The summed E-state index contributed by atoms with van der Waals surface area (Å²) in [7, 11) is 4.37. The van der Waals surface area contributed by atoms with Crippen LogP contribution in [0, 0.1) is 11.8 Å². The van der Waals surface area contributed by atoms with Crippen LogP contribution >= 0.6 is 0 Å². The van der Waals surface area contributed by atoms with Crippen LogP contribution in [0.25, 0.3) is 0 Å². The number of esters is 1. The summed E-state index contributed by atoms with van der Waals surface area (Å²) in [6, 6.07) is 13.7. The minimum Gasteiger partial charge on any atom is -0.493 e. The highest BCUT2D eigenvalue weighted by Gasteiger charge is 2.38. The van der Waals surface area contributed by atoms with E-state index in [9.17, 15) is 32.7 Å². The molecule has 0 aromatic heterocycles. The number of ketones is 1. The van der Waals surface area contributed by atoms with Gasteiger partial charge in [0.2, 0.25) is 5.91 Å². The highest BCUT2D eigenvalue weighted by Crippen LogP contribution is 2.33. The number of hydrogen-bond acceptors (Lipinski definition) is 9. The Morgan fingerprint density at radius 2 is 1.63 bits per heavy atom. The number of nitrogens with one attached hydrogen (secondary N) is 1. The Bertz CT molecular complexity index is 1370. The van der Waals surface area contributed by atoms with Gasteiger partial charge in [-0.25, -0.2) is 9.79 Å². The van der Waals surface area contributed by atoms with E-state index >= 15 is 0 Å². The molecule has 12 nitrogen and oxygen atoms in total. The number of amides is 1. The Hall–Kier alpha value is -4.66. The standard InChI is InChI=1S/C29H37N3O7.C2HF3O2/c1-37-25-12-9-19(14-26(25)38-2)15-27(35)32-29(30)31-22(13-18-7-5-4-6-8-18)24(34)16-20-10-11-21(17-23(20)33)28(36)39-3;3-2(4,5)1(6)7/h4-9,12,14,20-23,33H,10-11,13,15-17H2,1-3H3,(H3,30,31,32,35);(H,6,7)/t20-,21+,22-,23+;/m1./s1. The smallest absolute Gasteiger partial charge is 0.490 e. The number of aliphatic hydroxyl groups is 1. The van der Waals surface area contributed by atoms with Crippen LogP contribution in [0.3, 0.4) is 0 Å². The van der Waals surface area contributed by atoms with E-state index in [0.717, 1.165) is 5.56 Å². The molecule has 15 heteroatoms. The number of benzene rings is 2. The number of rotatable bonds is 11. The third-order valence-corrected chi connectivity index (χ3v) is 7.22. The molecule has 0 spiro atoms. The zero-order valence-electron chi connectivity index (χ0n) is 25.6. The van der Waals surface area contributed by atoms with E-state index in [-0.39, 0.29) is 48.8 Å². The molecule has 0 saturated heterocycles. The number of methoxy groups -OCH3 is 3. The Morgan fingerprint density at radius 3 is 2.17 bits per heavy atom. The summed E-state index contributed by atoms with van der Waals surface area (Å²) in [6.45, 7) is 0. The van der Waals surface area contributed by atoms with E-state index in [1.165, 1.54) is 21.3 Å². The molecule has 0 unspecified atom stereocenters. The van der Waals surface area contributed by atoms with Crippen LogP contribution < -0.4 is 20.5 Å². The van der Waals surface area contributed by atoms with Crippen LogP contribution in [0.2, 0.25) is 0 Å². The number of Topliss-reactive ketones (excluding diaryl/α,β-unsaturated/α-hetero) is 1. The van der Waals surface area contributed by atoms with E-state index in [0.29, 0.717) is 36.3 Å². The summed E-state index contributed by atoms with van der Waals surface area (Å²) >= 11 is 0.